The third-order valence-corrected chi connectivity index (χ3v) is 15.7. The van der Waals surface area contributed by atoms with Gasteiger partial charge in [0.1, 0.15) is 5.69 Å². The maximum Gasteiger partial charge on any atom is 0.310 e. The summed E-state index contributed by atoms with van der Waals surface area (Å²) in [5.74, 6) is 2.66. The van der Waals surface area contributed by atoms with E-state index in [4.69, 9.17) is 14.2 Å². The molecular weight excluding hydrogens is 642 g/mol. The Kier molecular flexibility index (Phi) is 8.39. The van der Waals surface area contributed by atoms with Gasteiger partial charge in [-0.05, 0) is 109 Å². The lowest BCUT2D eigenvalue weighted by Gasteiger charge is -2.70. The van der Waals surface area contributed by atoms with Crippen molar-refractivity contribution in [2.45, 2.75) is 99.8 Å². The van der Waals surface area contributed by atoms with Crippen molar-refractivity contribution in [2.75, 3.05) is 21.3 Å². The molecule has 7 rings (SSSR count). The van der Waals surface area contributed by atoms with E-state index in [1.54, 1.807) is 26.0 Å². The topological polar surface area (TPSA) is 113 Å². The van der Waals surface area contributed by atoms with Crippen LogP contribution in [0.5, 0.6) is 17.2 Å². The van der Waals surface area contributed by atoms with Gasteiger partial charge in [-0.3, -0.25) is 9.59 Å². The predicted molar refractivity (Wildman–Crippen MR) is 196 cm³/mol. The molecular formula is C42H57N3O6. The van der Waals surface area contributed by atoms with Crippen LogP contribution in [0, 0.1) is 56.7 Å². The van der Waals surface area contributed by atoms with Crippen molar-refractivity contribution in [3.63, 3.8) is 0 Å². The molecule has 0 saturated heterocycles. The third-order valence-electron chi connectivity index (χ3n) is 15.7. The van der Waals surface area contributed by atoms with E-state index < -0.39 is 16.8 Å². The molecule has 1 heterocycles. The summed E-state index contributed by atoms with van der Waals surface area (Å²) in [6, 6.07) is 3.64. The molecule has 1 aromatic heterocycles. The number of ketones is 1. The lowest BCUT2D eigenvalue weighted by molar-refractivity contribution is -0.185. The minimum absolute atomic E-state index is 0.00933. The number of carboxylic acid groups (broad SMARTS) is 1. The molecule has 0 amide bonds. The second kappa shape index (κ2) is 12.0. The Morgan fingerprint density at radius 2 is 1.63 bits per heavy atom. The summed E-state index contributed by atoms with van der Waals surface area (Å²) in [7, 11) is 4.73. The summed E-state index contributed by atoms with van der Waals surface area (Å²) in [6.45, 7) is 16.4. The molecule has 5 aliphatic rings. The van der Waals surface area contributed by atoms with Crippen molar-refractivity contribution >= 4 is 17.8 Å². The van der Waals surface area contributed by atoms with E-state index in [1.807, 2.05) is 24.4 Å². The Morgan fingerprint density at radius 1 is 0.941 bits per heavy atom. The van der Waals surface area contributed by atoms with Crippen LogP contribution in [0.4, 0.5) is 0 Å². The molecule has 4 saturated carbocycles. The summed E-state index contributed by atoms with van der Waals surface area (Å²) >= 11 is 0. The van der Waals surface area contributed by atoms with Gasteiger partial charge in [-0.25, -0.2) is 4.68 Å². The highest BCUT2D eigenvalue weighted by molar-refractivity contribution is 6.04. The molecule has 5 aliphatic carbocycles. The first-order chi connectivity index (χ1) is 24.0. The van der Waals surface area contributed by atoms with Crippen LogP contribution in [0.25, 0.3) is 11.8 Å². The van der Waals surface area contributed by atoms with Crippen LogP contribution in [0.15, 0.2) is 35.6 Å². The van der Waals surface area contributed by atoms with Crippen LogP contribution in [0.1, 0.15) is 106 Å². The van der Waals surface area contributed by atoms with Crippen molar-refractivity contribution in [1.82, 2.24) is 15.0 Å². The lowest BCUT2D eigenvalue weighted by Crippen LogP contribution is -2.65. The smallest absolute Gasteiger partial charge is 0.310 e. The van der Waals surface area contributed by atoms with Crippen LogP contribution in [-0.4, -0.2) is 53.2 Å². The molecule has 0 aliphatic heterocycles. The minimum Gasteiger partial charge on any atom is -0.493 e. The molecule has 4 fully saturated rings. The van der Waals surface area contributed by atoms with Crippen molar-refractivity contribution < 1.29 is 28.9 Å². The largest absolute Gasteiger partial charge is 0.493 e. The summed E-state index contributed by atoms with van der Waals surface area (Å²) in [5.41, 5.74) is 2.16. The molecule has 276 valence electrons. The summed E-state index contributed by atoms with van der Waals surface area (Å²) in [6.07, 6.45) is 13.4. The molecule has 1 aromatic carbocycles. The van der Waals surface area contributed by atoms with Crippen molar-refractivity contribution in [3.8, 4) is 22.9 Å². The number of methoxy groups -OCH3 is 3. The molecule has 9 heteroatoms. The average Bonchev–Trinajstić information content (AvgIpc) is 3.56. The van der Waals surface area contributed by atoms with Crippen LogP contribution in [0.3, 0.4) is 0 Å². The number of hydrogen-bond acceptors (Lipinski definition) is 7. The molecule has 51 heavy (non-hydrogen) atoms. The molecule has 9 nitrogen and oxygen atoms in total. The molecule has 9 atom stereocenters. The van der Waals surface area contributed by atoms with Gasteiger partial charge in [-0.15, -0.1) is 5.10 Å². The number of fused-ring (bicyclic) bond motifs is 7. The number of carbonyl (C=O) groups is 2. The molecule has 0 spiro atoms. The second-order valence-corrected chi connectivity index (χ2v) is 18.0. The van der Waals surface area contributed by atoms with Gasteiger partial charge in [0.2, 0.25) is 5.75 Å². The van der Waals surface area contributed by atoms with E-state index in [1.165, 1.54) is 5.57 Å². The monoisotopic (exact) mass is 699 g/mol. The Bertz CT molecular complexity index is 1800. The molecule has 0 unspecified atom stereocenters. The minimum atomic E-state index is -0.656. The van der Waals surface area contributed by atoms with Gasteiger partial charge in [0.25, 0.3) is 0 Å². The van der Waals surface area contributed by atoms with E-state index in [0.717, 1.165) is 50.5 Å². The number of rotatable bonds is 6. The maximum atomic E-state index is 14.4. The van der Waals surface area contributed by atoms with Crippen molar-refractivity contribution in [3.05, 3.63) is 41.2 Å². The Balaban J connectivity index is 1.26. The quantitative estimate of drug-likeness (QED) is 0.236. The van der Waals surface area contributed by atoms with Gasteiger partial charge in [0.15, 0.2) is 17.3 Å². The number of carboxylic acids is 1. The van der Waals surface area contributed by atoms with Gasteiger partial charge in [-0.2, -0.15) is 0 Å². The van der Waals surface area contributed by atoms with Gasteiger partial charge in [0.05, 0.1) is 38.6 Å². The van der Waals surface area contributed by atoms with Crippen molar-refractivity contribution in [2.24, 2.45) is 56.7 Å². The number of carbonyl (C=O) groups excluding carboxylic acids is 1. The number of nitrogens with zero attached hydrogens (tertiary/aromatic N) is 3. The third kappa shape index (κ3) is 4.84. The molecule has 0 bridgehead atoms. The number of aliphatic carboxylic acids is 1. The number of aromatic nitrogens is 3. The van der Waals surface area contributed by atoms with E-state index in [9.17, 15) is 14.7 Å². The van der Waals surface area contributed by atoms with E-state index >= 15 is 0 Å². The number of benzene rings is 1. The average molecular weight is 700 g/mol. The molecule has 2 aromatic rings. The van der Waals surface area contributed by atoms with Gasteiger partial charge < -0.3 is 19.3 Å². The summed E-state index contributed by atoms with van der Waals surface area (Å²) in [5, 5.41) is 19.7. The second-order valence-electron chi connectivity index (χ2n) is 18.0. The van der Waals surface area contributed by atoms with E-state index in [2.05, 4.69) is 64.9 Å². The first-order valence-corrected chi connectivity index (χ1v) is 18.9. The Hall–Kier alpha value is -3.62. The highest BCUT2D eigenvalue weighted by Crippen LogP contribution is 2.75. The standard InChI is InChI=1S/C42H57N3O6/c1-24-13-16-42(37(47)48)18-17-40(6)29(34(42)25(24)2)11-12-33-39(5)22-26(36(46)38(3,4)32(39)14-15-41(33,40)7)19-27-23-45(44-43-27)28-20-30(49-8)35(51-10)31(21-28)50-9/h11,19-21,23-25,32-34H,12-18,22H2,1-10H3,(H,47,48)/b26-19-/t24-,25+,32-,33-,34+,39+,40-,41-,42+/m1/s1. The molecule has 1 N–H and O–H groups in total. The van der Waals surface area contributed by atoms with Crippen LogP contribution < -0.4 is 14.2 Å². The Morgan fingerprint density at radius 3 is 2.25 bits per heavy atom. The normalized spacial score (nSPS) is 39.2. The molecule has 0 radical (unpaired) electrons. The summed E-state index contributed by atoms with van der Waals surface area (Å²) in [4.78, 5) is 27.5. The van der Waals surface area contributed by atoms with Gasteiger partial charge in [-0.1, -0.05) is 65.3 Å². The van der Waals surface area contributed by atoms with Gasteiger partial charge >= 0.3 is 5.97 Å². The van der Waals surface area contributed by atoms with Crippen LogP contribution in [0.2, 0.25) is 0 Å². The van der Waals surface area contributed by atoms with Crippen LogP contribution >= 0.6 is 0 Å². The summed E-state index contributed by atoms with van der Waals surface area (Å²) < 4.78 is 18.3. The van der Waals surface area contributed by atoms with E-state index in [0.29, 0.717) is 52.8 Å². The zero-order chi connectivity index (χ0) is 36.9. The highest BCUT2D eigenvalue weighted by Gasteiger charge is 2.70. The predicted octanol–water partition coefficient (Wildman–Crippen LogP) is 8.60. The van der Waals surface area contributed by atoms with E-state index in [-0.39, 0.29) is 33.9 Å². The maximum absolute atomic E-state index is 14.4. The fourth-order valence-corrected chi connectivity index (χ4v) is 12.7. The fraction of sp³-hybridized carbons (Fsp3) is 0.667. The van der Waals surface area contributed by atoms with Gasteiger partial charge in [0, 0.05) is 17.5 Å². The van der Waals surface area contributed by atoms with Crippen molar-refractivity contribution in [1.29, 1.82) is 0 Å². The zero-order valence-electron chi connectivity index (χ0n) is 32.3. The number of ether oxygens (including phenoxy) is 3. The highest BCUT2D eigenvalue weighted by atomic mass is 16.5. The number of allylic oxidation sites excluding steroid dienone is 3. The SMILES string of the molecule is COc1cc(-n2cc(/C=C3/C[C@@]4(C)[C@H](CC[C@]5(C)[C@@H]4CC=C4[C@@H]6[C@@H](C)[C@H](C)CC[C@]6(C(=O)O)CC[C@]45C)C(C)(C)C3=O)nn2)cc(OC)c1OC. The number of hydrogen-bond donors (Lipinski definition) is 1. The first-order valence-electron chi connectivity index (χ1n) is 18.9. The zero-order valence-corrected chi connectivity index (χ0v) is 32.3. The number of Topliss-reactive ketones (excluding diaryl/α,β-unsaturated/α-hetero) is 1. The first kappa shape index (κ1) is 35.8. The lowest BCUT2D eigenvalue weighted by atomic mass is 9.33. The van der Waals surface area contributed by atoms with Crippen LogP contribution in [-0.2, 0) is 9.59 Å². The fourth-order valence-electron chi connectivity index (χ4n) is 12.7. The Labute approximate surface area is 303 Å².